The SMILES string of the molecule is C[C@@H](Nc1ncnc2ccc(NC(=O)C=CCN3CCOC(=O)[C@@H]3C)cc12)c1ccccc1. The fourth-order valence-corrected chi connectivity index (χ4v) is 3.73. The van der Waals surface area contributed by atoms with E-state index in [9.17, 15) is 9.59 Å². The van der Waals surface area contributed by atoms with Crippen LogP contribution in [0.25, 0.3) is 10.9 Å². The maximum atomic E-state index is 12.4. The van der Waals surface area contributed by atoms with E-state index in [1.807, 2.05) is 41.3 Å². The van der Waals surface area contributed by atoms with E-state index in [2.05, 4.69) is 39.7 Å². The Labute approximate surface area is 192 Å². The first-order chi connectivity index (χ1) is 16.0. The molecular formula is C25H27N5O3. The zero-order valence-electron chi connectivity index (χ0n) is 18.7. The molecule has 2 aromatic carbocycles. The van der Waals surface area contributed by atoms with Crippen molar-refractivity contribution in [3.05, 3.63) is 72.6 Å². The van der Waals surface area contributed by atoms with E-state index in [1.54, 1.807) is 13.0 Å². The highest BCUT2D eigenvalue weighted by Gasteiger charge is 2.26. The van der Waals surface area contributed by atoms with E-state index in [0.29, 0.717) is 31.2 Å². The summed E-state index contributed by atoms with van der Waals surface area (Å²) in [4.78, 5) is 34.8. The van der Waals surface area contributed by atoms with Gasteiger partial charge in [0.2, 0.25) is 5.91 Å². The van der Waals surface area contributed by atoms with Gasteiger partial charge in [0.15, 0.2) is 0 Å². The van der Waals surface area contributed by atoms with Gasteiger partial charge in [-0.05, 0) is 37.6 Å². The second-order valence-electron chi connectivity index (χ2n) is 7.96. The Hall–Kier alpha value is -3.78. The van der Waals surface area contributed by atoms with E-state index < -0.39 is 0 Å². The highest BCUT2D eigenvalue weighted by Crippen LogP contribution is 2.26. The van der Waals surface area contributed by atoms with E-state index in [0.717, 1.165) is 16.5 Å². The average molecular weight is 446 g/mol. The quantitative estimate of drug-likeness (QED) is 0.424. The van der Waals surface area contributed by atoms with E-state index in [1.165, 1.54) is 12.4 Å². The highest BCUT2D eigenvalue weighted by molar-refractivity contribution is 6.01. The summed E-state index contributed by atoms with van der Waals surface area (Å²) in [6.45, 7) is 5.41. The predicted molar refractivity (Wildman–Crippen MR) is 128 cm³/mol. The number of anilines is 2. The van der Waals surface area contributed by atoms with Crippen LogP contribution in [0.3, 0.4) is 0 Å². The molecule has 1 amide bonds. The molecule has 1 fully saturated rings. The number of hydrogen-bond acceptors (Lipinski definition) is 7. The van der Waals surface area contributed by atoms with Gasteiger partial charge in [-0.25, -0.2) is 9.97 Å². The van der Waals surface area contributed by atoms with Crippen molar-refractivity contribution >= 4 is 34.3 Å². The van der Waals surface area contributed by atoms with Crippen LogP contribution >= 0.6 is 0 Å². The van der Waals surface area contributed by atoms with Crippen LogP contribution < -0.4 is 10.6 Å². The van der Waals surface area contributed by atoms with E-state index >= 15 is 0 Å². The molecule has 0 aliphatic carbocycles. The number of nitrogens with one attached hydrogen (secondary N) is 2. The number of amides is 1. The van der Waals surface area contributed by atoms with Gasteiger partial charge < -0.3 is 15.4 Å². The highest BCUT2D eigenvalue weighted by atomic mass is 16.5. The number of esters is 1. The number of ether oxygens (including phenoxy) is 1. The zero-order chi connectivity index (χ0) is 23.2. The molecule has 2 atom stereocenters. The molecule has 2 heterocycles. The molecule has 1 saturated heterocycles. The second-order valence-corrected chi connectivity index (χ2v) is 7.96. The molecule has 0 radical (unpaired) electrons. The Bertz CT molecular complexity index is 1170. The molecule has 33 heavy (non-hydrogen) atoms. The molecule has 1 aliphatic rings. The minimum Gasteiger partial charge on any atom is -0.463 e. The second kappa shape index (κ2) is 10.2. The Kier molecular flexibility index (Phi) is 6.95. The topological polar surface area (TPSA) is 96.4 Å². The molecule has 4 rings (SSSR count). The zero-order valence-corrected chi connectivity index (χ0v) is 18.7. The van der Waals surface area contributed by atoms with Crippen LogP contribution in [0.15, 0.2) is 67.0 Å². The first-order valence-corrected chi connectivity index (χ1v) is 11.0. The van der Waals surface area contributed by atoms with Gasteiger partial charge in [0.1, 0.15) is 24.8 Å². The van der Waals surface area contributed by atoms with E-state index in [-0.39, 0.29) is 24.0 Å². The number of morpholine rings is 1. The fraction of sp³-hybridized carbons (Fsp3) is 0.280. The molecule has 0 bridgehead atoms. The lowest BCUT2D eigenvalue weighted by atomic mass is 10.1. The number of hydrogen-bond donors (Lipinski definition) is 2. The normalized spacial score (nSPS) is 17.6. The Morgan fingerprint density at radius 1 is 1.24 bits per heavy atom. The summed E-state index contributed by atoms with van der Waals surface area (Å²) in [5.41, 5.74) is 2.58. The minimum absolute atomic E-state index is 0.0555. The largest absolute Gasteiger partial charge is 0.463 e. The van der Waals surface area contributed by atoms with Crippen molar-refractivity contribution in [1.29, 1.82) is 0 Å². The molecule has 1 aromatic heterocycles. The maximum absolute atomic E-state index is 12.4. The van der Waals surface area contributed by atoms with Gasteiger partial charge in [-0.1, -0.05) is 36.4 Å². The first kappa shape index (κ1) is 22.4. The molecular weight excluding hydrogens is 418 g/mol. The van der Waals surface area contributed by atoms with Crippen LogP contribution in [-0.4, -0.2) is 52.5 Å². The van der Waals surface area contributed by atoms with Crippen LogP contribution in [0.4, 0.5) is 11.5 Å². The van der Waals surface area contributed by atoms with Crippen molar-refractivity contribution in [3.63, 3.8) is 0 Å². The monoisotopic (exact) mass is 445 g/mol. The minimum atomic E-state index is -0.309. The van der Waals surface area contributed by atoms with Gasteiger partial charge in [0, 0.05) is 36.3 Å². The number of aromatic nitrogens is 2. The number of cyclic esters (lactones) is 1. The van der Waals surface area contributed by atoms with Crippen molar-refractivity contribution in [2.45, 2.75) is 25.9 Å². The maximum Gasteiger partial charge on any atom is 0.323 e. The van der Waals surface area contributed by atoms with Crippen molar-refractivity contribution in [2.75, 3.05) is 30.3 Å². The summed E-state index contributed by atoms with van der Waals surface area (Å²) in [6, 6.07) is 15.4. The van der Waals surface area contributed by atoms with Crippen LogP contribution in [-0.2, 0) is 14.3 Å². The predicted octanol–water partition coefficient (Wildman–Crippen LogP) is 3.54. The summed E-state index contributed by atoms with van der Waals surface area (Å²) in [5, 5.41) is 7.15. The molecule has 0 spiro atoms. The molecule has 2 N–H and O–H groups in total. The third-order valence-electron chi connectivity index (χ3n) is 5.68. The molecule has 8 heteroatoms. The van der Waals surface area contributed by atoms with Crippen LogP contribution in [0.2, 0.25) is 0 Å². The summed E-state index contributed by atoms with van der Waals surface area (Å²) >= 11 is 0. The van der Waals surface area contributed by atoms with Gasteiger partial charge in [0.25, 0.3) is 0 Å². The van der Waals surface area contributed by atoms with E-state index in [4.69, 9.17) is 4.74 Å². The molecule has 1 aliphatic heterocycles. The van der Waals surface area contributed by atoms with Gasteiger partial charge >= 0.3 is 5.97 Å². The van der Waals surface area contributed by atoms with Crippen LogP contribution in [0.1, 0.15) is 25.5 Å². The van der Waals surface area contributed by atoms with Crippen LogP contribution in [0, 0.1) is 0 Å². The Morgan fingerprint density at radius 2 is 2.06 bits per heavy atom. The number of rotatable bonds is 7. The summed E-state index contributed by atoms with van der Waals surface area (Å²) in [5.74, 6) is 0.225. The number of carbonyl (C=O) groups excluding carboxylic acids is 2. The summed E-state index contributed by atoms with van der Waals surface area (Å²) < 4.78 is 5.02. The summed E-state index contributed by atoms with van der Waals surface area (Å²) in [7, 11) is 0. The van der Waals surface area contributed by atoms with Gasteiger partial charge in [-0.15, -0.1) is 0 Å². The van der Waals surface area contributed by atoms with Crippen molar-refractivity contribution in [2.24, 2.45) is 0 Å². The number of nitrogens with zero attached hydrogens (tertiary/aromatic N) is 3. The number of fused-ring (bicyclic) bond motifs is 1. The Balaban J connectivity index is 1.43. The third-order valence-corrected chi connectivity index (χ3v) is 5.68. The number of benzene rings is 2. The fourth-order valence-electron chi connectivity index (χ4n) is 3.73. The van der Waals surface area contributed by atoms with Crippen molar-refractivity contribution in [3.8, 4) is 0 Å². The lowest BCUT2D eigenvalue weighted by molar-refractivity contribution is -0.155. The van der Waals surface area contributed by atoms with Crippen molar-refractivity contribution in [1.82, 2.24) is 14.9 Å². The first-order valence-electron chi connectivity index (χ1n) is 11.0. The van der Waals surface area contributed by atoms with Gasteiger partial charge in [-0.2, -0.15) is 0 Å². The lowest BCUT2D eigenvalue weighted by Gasteiger charge is -2.30. The summed E-state index contributed by atoms with van der Waals surface area (Å²) in [6.07, 6.45) is 4.76. The van der Waals surface area contributed by atoms with Gasteiger partial charge in [0.05, 0.1) is 5.52 Å². The molecule has 170 valence electrons. The average Bonchev–Trinajstić information content (AvgIpc) is 2.82. The molecule has 8 nitrogen and oxygen atoms in total. The standard InChI is InChI=1S/C25H27N5O3/c1-17(19-7-4-3-5-8-19)28-24-21-15-20(10-11-22(21)26-16-27-24)29-23(31)9-6-12-30-13-14-33-25(32)18(30)2/h3-11,15-18H,12-14H2,1-2H3,(H,29,31)(H,26,27,28)/t17-,18+/m1/s1. The van der Waals surface area contributed by atoms with Gasteiger partial charge in [-0.3, -0.25) is 14.5 Å². The van der Waals surface area contributed by atoms with Crippen molar-refractivity contribution < 1.29 is 14.3 Å². The molecule has 0 saturated carbocycles. The number of carbonyl (C=O) groups is 2. The van der Waals surface area contributed by atoms with Crippen LogP contribution in [0.5, 0.6) is 0 Å². The third kappa shape index (κ3) is 5.53. The smallest absolute Gasteiger partial charge is 0.323 e. The molecule has 0 unspecified atom stereocenters. The Morgan fingerprint density at radius 3 is 2.88 bits per heavy atom. The lowest BCUT2D eigenvalue weighted by Crippen LogP contribution is -2.47. The molecule has 3 aromatic rings.